The van der Waals surface area contributed by atoms with Crippen LogP contribution in [0.4, 0.5) is 4.39 Å². The Balaban J connectivity index is 1.76. The molecule has 3 rings (SSSR count). The maximum absolute atomic E-state index is 13.6. The summed E-state index contributed by atoms with van der Waals surface area (Å²) in [5, 5.41) is 3.05. The summed E-state index contributed by atoms with van der Waals surface area (Å²) in [6.45, 7) is 0.426. The van der Waals surface area contributed by atoms with Gasteiger partial charge in [-0.05, 0) is 43.9 Å². The van der Waals surface area contributed by atoms with Crippen molar-refractivity contribution < 1.29 is 22.3 Å². The van der Waals surface area contributed by atoms with E-state index in [1.54, 1.807) is 0 Å². The topological polar surface area (TPSA) is 75.7 Å². The lowest BCUT2D eigenvalue weighted by Gasteiger charge is -2.32. The van der Waals surface area contributed by atoms with Crippen molar-refractivity contribution in [3.63, 3.8) is 0 Å². The number of carbonyl (C=O) groups is 1. The van der Waals surface area contributed by atoms with Gasteiger partial charge in [0.2, 0.25) is 15.9 Å². The number of nitrogens with zero attached hydrogens (tertiary/aromatic N) is 1. The van der Waals surface area contributed by atoms with Crippen molar-refractivity contribution in [2.75, 3.05) is 20.2 Å². The summed E-state index contributed by atoms with van der Waals surface area (Å²) in [5.74, 6) is -0.998. The van der Waals surface area contributed by atoms with E-state index in [1.165, 1.54) is 17.5 Å². The molecule has 1 N–H and O–H groups in total. The number of methoxy groups -OCH3 is 1. The quantitative estimate of drug-likeness (QED) is 0.845. The zero-order valence-corrected chi connectivity index (χ0v) is 15.7. The van der Waals surface area contributed by atoms with Crippen molar-refractivity contribution in [1.29, 1.82) is 0 Å². The van der Waals surface area contributed by atoms with Gasteiger partial charge in [0.15, 0.2) is 0 Å². The van der Waals surface area contributed by atoms with E-state index < -0.39 is 15.8 Å². The first-order valence-corrected chi connectivity index (χ1v) is 10.5. The molecule has 8 heteroatoms. The predicted octanol–water partition coefficient (Wildman–Crippen LogP) is 2.29. The molecule has 0 radical (unpaired) electrons. The van der Waals surface area contributed by atoms with E-state index in [-0.39, 0.29) is 35.1 Å². The standard InChI is InChI=1S/C18H25FN2O4S/c1-25-16-9-8-14(19)11-17(16)26(23,24)21-10-4-5-13(12-21)18(22)20-15-6-2-3-7-15/h8-9,11,13,15H,2-7,10,12H2,1H3,(H,20,22)/t13-/m0/s1. The van der Waals surface area contributed by atoms with Crippen LogP contribution in [0.5, 0.6) is 5.75 Å². The molecule has 2 aliphatic rings. The maximum Gasteiger partial charge on any atom is 0.246 e. The van der Waals surface area contributed by atoms with Gasteiger partial charge in [-0.1, -0.05) is 12.8 Å². The number of halogens is 1. The second-order valence-electron chi connectivity index (χ2n) is 6.99. The van der Waals surface area contributed by atoms with Crippen molar-refractivity contribution in [3.05, 3.63) is 24.0 Å². The number of hydrogen-bond acceptors (Lipinski definition) is 4. The van der Waals surface area contributed by atoms with Gasteiger partial charge in [-0.25, -0.2) is 12.8 Å². The highest BCUT2D eigenvalue weighted by atomic mass is 32.2. The molecule has 1 atom stereocenters. The van der Waals surface area contributed by atoms with Crippen LogP contribution in [0.1, 0.15) is 38.5 Å². The van der Waals surface area contributed by atoms with Crippen molar-refractivity contribution in [2.45, 2.75) is 49.5 Å². The molecule has 1 saturated heterocycles. The Labute approximate surface area is 153 Å². The fourth-order valence-corrected chi connectivity index (χ4v) is 5.45. The zero-order valence-electron chi connectivity index (χ0n) is 14.9. The Bertz CT molecular complexity index is 762. The predicted molar refractivity (Wildman–Crippen MR) is 94.8 cm³/mol. The van der Waals surface area contributed by atoms with Crippen LogP contribution >= 0.6 is 0 Å². The summed E-state index contributed by atoms with van der Waals surface area (Å²) in [5.41, 5.74) is 0. The van der Waals surface area contributed by atoms with Crippen LogP contribution in [0.15, 0.2) is 23.1 Å². The molecule has 0 bridgehead atoms. The van der Waals surface area contributed by atoms with Crippen molar-refractivity contribution in [3.8, 4) is 5.75 Å². The molecular weight excluding hydrogens is 359 g/mol. The molecular formula is C18H25FN2O4S. The van der Waals surface area contributed by atoms with Crippen LogP contribution in [0.25, 0.3) is 0 Å². The third-order valence-corrected chi connectivity index (χ3v) is 7.09. The molecule has 26 heavy (non-hydrogen) atoms. The highest BCUT2D eigenvalue weighted by molar-refractivity contribution is 7.89. The van der Waals surface area contributed by atoms with Gasteiger partial charge in [0.05, 0.1) is 13.0 Å². The first-order chi connectivity index (χ1) is 12.4. The van der Waals surface area contributed by atoms with E-state index in [0.717, 1.165) is 37.8 Å². The third kappa shape index (κ3) is 4.01. The number of piperidine rings is 1. The second-order valence-corrected chi connectivity index (χ2v) is 8.89. The Kier molecular flexibility index (Phi) is 5.82. The first-order valence-electron chi connectivity index (χ1n) is 9.06. The zero-order chi connectivity index (χ0) is 18.7. The maximum atomic E-state index is 13.6. The van der Waals surface area contributed by atoms with Gasteiger partial charge in [0, 0.05) is 19.1 Å². The Morgan fingerprint density at radius 3 is 2.65 bits per heavy atom. The molecule has 1 amide bonds. The highest BCUT2D eigenvalue weighted by Gasteiger charge is 2.35. The number of sulfonamides is 1. The molecule has 0 unspecified atom stereocenters. The smallest absolute Gasteiger partial charge is 0.246 e. The average molecular weight is 384 g/mol. The lowest BCUT2D eigenvalue weighted by atomic mass is 9.98. The second kappa shape index (κ2) is 7.92. The molecule has 1 aromatic rings. The molecule has 1 heterocycles. The average Bonchev–Trinajstić information content (AvgIpc) is 3.14. The molecule has 0 aromatic heterocycles. The number of rotatable bonds is 5. The van der Waals surface area contributed by atoms with Gasteiger partial charge in [-0.3, -0.25) is 4.79 Å². The van der Waals surface area contributed by atoms with Crippen LogP contribution in [-0.4, -0.2) is 44.9 Å². The minimum atomic E-state index is -3.93. The summed E-state index contributed by atoms with van der Waals surface area (Å²) < 4.78 is 45.9. The molecule has 1 saturated carbocycles. The minimum Gasteiger partial charge on any atom is -0.495 e. The van der Waals surface area contributed by atoms with Gasteiger partial charge in [-0.2, -0.15) is 4.31 Å². The fourth-order valence-electron chi connectivity index (χ4n) is 3.76. The monoisotopic (exact) mass is 384 g/mol. The fraction of sp³-hybridized carbons (Fsp3) is 0.611. The van der Waals surface area contributed by atoms with E-state index >= 15 is 0 Å². The largest absolute Gasteiger partial charge is 0.495 e. The van der Waals surface area contributed by atoms with Crippen molar-refractivity contribution in [2.24, 2.45) is 5.92 Å². The number of nitrogens with one attached hydrogen (secondary N) is 1. The number of amides is 1. The Morgan fingerprint density at radius 2 is 1.96 bits per heavy atom. The summed E-state index contributed by atoms with van der Waals surface area (Å²) in [6.07, 6.45) is 5.47. The van der Waals surface area contributed by atoms with Gasteiger partial charge < -0.3 is 10.1 Å². The van der Waals surface area contributed by atoms with Crippen LogP contribution in [0.3, 0.4) is 0 Å². The lowest BCUT2D eigenvalue weighted by molar-refractivity contribution is -0.126. The first kappa shape index (κ1) is 19.1. The Morgan fingerprint density at radius 1 is 1.23 bits per heavy atom. The molecule has 1 aliphatic heterocycles. The highest BCUT2D eigenvalue weighted by Crippen LogP contribution is 2.30. The SMILES string of the molecule is COc1ccc(F)cc1S(=O)(=O)N1CCC[C@H](C(=O)NC2CCCC2)C1. The Hall–Kier alpha value is -1.67. The molecule has 1 aromatic carbocycles. The molecule has 0 spiro atoms. The van der Waals surface area contributed by atoms with Crippen LogP contribution < -0.4 is 10.1 Å². The molecule has 6 nitrogen and oxygen atoms in total. The molecule has 144 valence electrons. The number of ether oxygens (including phenoxy) is 1. The summed E-state index contributed by atoms with van der Waals surface area (Å²) in [4.78, 5) is 12.3. The van der Waals surface area contributed by atoms with E-state index in [1.807, 2.05) is 0 Å². The lowest BCUT2D eigenvalue weighted by Crippen LogP contribution is -2.47. The summed E-state index contributed by atoms with van der Waals surface area (Å²) in [7, 11) is -2.59. The van der Waals surface area contributed by atoms with Gasteiger partial charge in [0.25, 0.3) is 0 Å². The van der Waals surface area contributed by atoms with Crippen LogP contribution in [0.2, 0.25) is 0 Å². The van der Waals surface area contributed by atoms with Gasteiger partial charge in [0.1, 0.15) is 16.5 Å². The molecule has 2 fully saturated rings. The molecule has 1 aliphatic carbocycles. The van der Waals surface area contributed by atoms with Crippen molar-refractivity contribution >= 4 is 15.9 Å². The number of carbonyl (C=O) groups excluding carboxylic acids is 1. The van der Waals surface area contributed by atoms with Gasteiger partial charge >= 0.3 is 0 Å². The third-order valence-electron chi connectivity index (χ3n) is 5.20. The van der Waals surface area contributed by atoms with Gasteiger partial charge in [-0.15, -0.1) is 0 Å². The van der Waals surface area contributed by atoms with Crippen LogP contribution in [-0.2, 0) is 14.8 Å². The number of benzene rings is 1. The van der Waals surface area contributed by atoms with Crippen LogP contribution in [0, 0.1) is 11.7 Å². The summed E-state index contributed by atoms with van der Waals surface area (Å²) >= 11 is 0. The van der Waals surface area contributed by atoms with E-state index in [4.69, 9.17) is 4.74 Å². The normalized spacial score (nSPS) is 22.3. The minimum absolute atomic E-state index is 0.0805. The summed E-state index contributed by atoms with van der Waals surface area (Å²) in [6, 6.07) is 3.64. The van der Waals surface area contributed by atoms with Crippen molar-refractivity contribution in [1.82, 2.24) is 9.62 Å². The van der Waals surface area contributed by atoms with E-state index in [2.05, 4.69) is 5.32 Å². The van der Waals surface area contributed by atoms with E-state index in [0.29, 0.717) is 19.4 Å². The number of hydrogen-bond donors (Lipinski definition) is 1. The van der Waals surface area contributed by atoms with E-state index in [9.17, 15) is 17.6 Å².